The van der Waals surface area contributed by atoms with Crippen molar-refractivity contribution in [2.24, 2.45) is 0 Å². The van der Waals surface area contributed by atoms with Crippen molar-refractivity contribution in [3.63, 3.8) is 0 Å². The second-order valence-electron chi connectivity index (χ2n) is 2.60. The fourth-order valence-corrected chi connectivity index (χ4v) is 1.08. The van der Waals surface area contributed by atoms with Crippen LogP contribution in [0.1, 0.15) is 13.8 Å². The van der Waals surface area contributed by atoms with Crippen LogP contribution in [0.4, 0.5) is 0 Å². The first kappa shape index (κ1) is 12.1. The van der Waals surface area contributed by atoms with Crippen molar-refractivity contribution in [1.29, 1.82) is 0 Å². The van der Waals surface area contributed by atoms with Crippen LogP contribution < -0.4 is 0 Å². The van der Waals surface area contributed by atoms with Gasteiger partial charge in [0.1, 0.15) is 0 Å². The highest BCUT2D eigenvalue weighted by atomic mass is 79.9. The molecule has 0 aromatic carbocycles. The van der Waals surface area contributed by atoms with E-state index < -0.39 is 0 Å². The predicted molar refractivity (Wildman–Crippen MR) is 56.7 cm³/mol. The van der Waals surface area contributed by atoms with Crippen LogP contribution >= 0.6 is 15.9 Å². The highest BCUT2D eigenvalue weighted by Crippen LogP contribution is 1.99. The van der Waals surface area contributed by atoms with E-state index in [1.807, 2.05) is 0 Å². The highest BCUT2D eigenvalue weighted by Gasteiger charge is 1.97. The molecule has 0 radical (unpaired) electrons. The standard InChI is InChI=1S/C9H18BrNO/c1-4-11(5-2)6-7-12-8-9(3)10/h3-8H2,1-2H3. The summed E-state index contributed by atoms with van der Waals surface area (Å²) in [5.74, 6) is 0. The van der Waals surface area contributed by atoms with Crippen molar-refractivity contribution in [2.75, 3.05) is 32.8 Å². The number of hydrogen-bond acceptors (Lipinski definition) is 2. The Labute approximate surface area is 83.7 Å². The van der Waals surface area contributed by atoms with Gasteiger partial charge in [0.05, 0.1) is 13.2 Å². The molecule has 12 heavy (non-hydrogen) atoms. The molecule has 72 valence electrons. The molecule has 0 heterocycles. The van der Waals surface area contributed by atoms with Gasteiger partial charge < -0.3 is 9.64 Å². The van der Waals surface area contributed by atoms with Gasteiger partial charge in [-0.25, -0.2) is 0 Å². The lowest BCUT2D eigenvalue weighted by Gasteiger charge is -2.17. The van der Waals surface area contributed by atoms with Gasteiger partial charge in [-0.1, -0.05) is 36.4 Å². The van der Waals surface area contributed by atoms with E-state index in [1.54, 1.807) is 0 Å². The minimum Gasteiger partial charge on any atom is -0.375 e. The molecule has 0 fully saturated rings. The van der Waals surface area contributed by atoms with Gasteiger partial charge in [0.2, 0.25) is 0 Å². The van der Waals surface area contributed by atoms with Gasteiger partial charge in [-0.2, -0.15) is 0 Å². The van der Waals surface area contributed by atoms with Gasteiger partial charge in [-0.15, -0.1) is 0 Å². The number of halogens is 1. The first-order chi connectivity index (χ1) is 5.70. The van der Waals surface area contributed by atoms with Crippen molar-refractivity contribution < 1.29 is 4.74 Å². The third-order valence-corrected chi connectivity index (χ3v) is 1.93. The topological polar surface area (TPSA) is 12.5 Å². The number of likely N-dealkylation sites (N-methyl/N-ethyl adjacent to an activating group) is 1. The summed E-state index contributed by atoms with van der Waals surface area (Å²) in [6, 6.07) is 0. The molecule has 0 spiro atoms. The Kier molecular flexibility index (Phi) is 7.86. The molecule has 0 aliphatic carbocycles. The van der Waals surface area contributed by atoms with Gasteiger partial charge in [0.15, 0.2) is 0 Å². The first-order valence-electron chi connectivity index (χ1n) is 4.34. The average molecular weight is 236 g/mol. The molecule has 0 bridgehead atoms. The summed E-state index contributed by atoms with van der Waals surface area (Å²) in [4.78, 5) is 2.33. The smallest absolute Gasteiger partial charge is 0.0776 e. The van der Waals surface area contributed by atoms with Gasteiger partial charge in [-0.3, -0.25) is 0 Å². The minimum atomic E-state index is 0.612. The quantitative estimate of drug-likeness (QED) is 0.628. The molecule has 0 aliphatic rings. The van der Waals surface area contributed by atoms with Crippen LogP contribution in [0.5, 0.6) is 0 Å². The van der Waals surface area contributed by atoms with Crippen molar-refractivity contribution >= 4 is 15.9 Å². The fraction of sp³-hybridized carbons (Fsp3) is 0.778. The lowest BCUT2D eigenvalue weighted by molar-refractivity contribution is 0.127. The summed E-state index contributed by atoms with van der Waals surface area (Å²) in [7, 11) is 0. The Hall–Kier alpha value is 0.140. The summed E-state index contributed by atoms with van der Waals surface area (Å²) in [6.07, 6.45) is 0. The van der Waals surface area contributed by atoms with E-state index in [1.165, 1.54) is 0 Å². The maximum absolute atomic E-state index is 5.34. The second kappa shape index (κ2) is 7.77. The van der Waals surface area contributed by atoms with Crippen LogP contribution in [-0.4, -0.2) is 37.7 Å². The Bertz CT molecular complexity index is 124. The van der Waals surface area contributed by atoms with Crippen LogP contribution in [0, 0.1) is 0 Å². The van der Waals surface area contributed by atoms with E-state index in [9.17, 15) is 0 Å². The Balaban J connectivity index is 3.23. The maximum Gasteiger partial charge on any atom is 0.0776 e. The summed E-state index contributed by atoms with van der Waals surface area (Å²) in [5.41, 5.74) is 0. The van der Waals surface area contributed by atoms with E-state index in [2.05, 4.69) is 41.3 Å². The molecule has 0 N–H and O–H groups in total. The molecule has 0 aliphatic heterocycles. The largest absolute Gasteiger partial charge is 0.375 e. The second-order valence-corrected chi connectivity index (χ2v) is 3.72. The number of nitrogens with zero attached hydrogens (tertiary/aromatic N) is 1. The molecular weight excluding hydrogens is 218 g/mol. The molecule has 0 atom stereocenters. The van der Waals surface area contributed by atoms with E-state index in [0.717, 1.165) is 30.7 Å². The predicted octanol–water partition coefficient (Wildman–Crippen LogP) is 2.25. The summed E-state index contributed by atoms with van der Waals surface area (Å²) in [5, 5.41) is 0. The Morgan fingerprint density at radius 1 is 1.42 bits per heavy atom. The molecule has 0 aromatic heterocycles. The van der Waals surface area contributed by atoms with Crippen LogP contribution in [-0.2, 0) is 4.74 Å². The molecule has 0 amide bonds. The maximum atomic E-state index is 5.34. The molecule has 2 nitrogen and oxygen atoms in total. The summed E-state index contributed by atoms with van der Waals surface area (Å²) < 4.78 is 6.25. The van der Waals surface area contributed by atoms with Crippen molar-refractivity contribution in [3.05, 3.63) is 11.1 Å². The Morgan fingerprint density at radius 3 is 2.42 bits per heavy atom. The van der Waals surface area contributed by atoms with Gasteiger partial charge in [-0.05, 0) is 13.1 Å². The lowest BCUT2D eigenvalue weighted by Crippen LogP contribution is -2.27. The molecular formula is C9H18BrNO. The summed E-state index contributed by atoms with van der Waals surface area (Å²) >= 11 is 3.24. The van der Waals surface area contributed by atoms with Crippen LogP contribution in [0.25, 0.3) is 0 Å². The zero-order valence-electron chi connectivity index (χ0n) is 7.98. The third kappa shape index (κ3) is 6.83. The van der Waals surface area contributed by atoms with Gasteiger partial charge >= 0.3 is 0 Å². The first-order valence-corrected chi connectivity index (χ1v) is 5.13. The monoisotopic (exact) mass is 235 g/mol. The highest BCUT2D eigenvalue weighted by molar-refractivity contribution is 9.11. The third-order valence-electron chi connectivity index (χ3n) is 1.70. The van der Waals surface area contributed by atoms with Crippen molar-refractivity contribution in [3.8, 4) is 0 Å². The van der Waals surface area contributed by atoms with Gasteiger partial charge in [0, 0.05) is 11.0 Å². The van der Waals surface area contributed by atoms with Crippen LogP contribution in [0.3, 0.4) is 0 Å². The van der Waals surface area contributed by atoms with E-state index in [4.69, 9.17) is 4.74 Å². The Morgan fingerprint density at radius 2 is 2.00 bits per heavy atom. The lowest BCUT2D eigenvalue weighted by atomic mass is 10.5. The van der Waals surface area contributed by atoms with E-state index >= 15 is 0 Å². The van der Waals surface area contributed by atoms with E-state index in [0.29, 0.717) is 6.61 Å². The van der Waals surface area contributed by atoms with Crippen molar-refractivity contribution in [2.45, 2.75) is 13.8 Å². The van der Waals surface area contributed by atoms with Crippen LogP contribution in [0.2, 0.25) is 0 Å². The number of hydrogen-bond donors (Lipinski definition) is 0. The molecule has 0 saturated heterocycles. The summed E-state index contributed by atoms with van der Waals surface area (Å²) in [6.45, 7) is 12.6. The zero-order chi connectivity index (χ0) is 9.40. The SMILES string of the molecule is C=C(Br)COCCN(CC)CC. The molecule has 3 heteroatoms. The molecule has 0 rings (SSSR count). The van der Waals surface area contributed by atoms with Crippen LogP contribution in [0.15, 0.2) is 11.1 Å². The number of rotatable bonds is 7. The number of ether oxygens (including phenoxy) is 1. The van der Waals surface area contributed by atoms with Gasteiger partial charge in [0.25, 0.3) is 0 Å². The van der Waals surface area contributed by atoms with E-state index in [-0.39, 0.29) is 0 Å². The van der Waals surface area contributed by atoms with Crippen molar-refractivity contribution in [1.82, 2.24) is 4.90 Å². The zero-order valence-corrected chi connectivity index (χ0v) is 9.56. The fourth-order valence-electron chi connectivity index (χ4n) is 0.916. The molecule has 0 saturated carbocycles. The molecule has 0 unspecified atom stereocenters. The average Bonchev–Trinajstić information content (AvgIpc) is 2.04. The molecule has 0 aromatic rings. The minimum absolute atomic E-state index is 0.612. The normalized spacial score (nSPS) is 10.7.